The van der Waals surface area contributed by atoms with Crippen LogP contribution >= 0.6 is 11.8 Å². The molecule has 0 spiro atoms. The van der Waals surface area contributed by atoms with E-state index in [-0.39, 0.29) is 11.2 Å². The van der Waals surface area contributed by atoms with Crippen LogP contribution in [0.1, 0.15) is 13.3 Å². The maximum atomic E-state index is 10.9. The summed E-state index contributed by atoms with van der Waals surface area (Å²) in [5, 5.41) is 4.85. The number of carbonyl (C=O) groups is 1. The van der Waals surface area contributed by atoms with E-state index in [1.54, 1.807) is 4.68 Å². The molecule has 0 aliphatic carbocycles. The lowest BCUT2D eigenvalue weighted by atomic mass is 10.3. The molecule has 0 saturated heterocycles. The van der Waals surface area contributed by atoms with Crippen molar-refractivity contribution in [2.45, 2.75) is 23.8 Å². The Balaban J connectivity index is 2.45. The van der Waals surface area contributed by atoms with Gasteiger partial charge in [0.15, 0.2) is 5.16 Å². The number of aromatic nitrogens is 3. The number of hydrazine groups is 1. The van der Waals surface area contributed by atoms with Crippen molar-refractivity contribution < 1.29 is 4.79 Å². The smallest absolute Gasteiger partial charge is 0.234 e. The normalized spacial score (nSPS) is 12.5. The van der Waals surface area contributed by atoms with Gasteiger partial charge in [0.05, 0.1) is 0 Å². The first-order valence-corrected chi connectivity index (χ1v) is 5.01. The number of rotatable bonds is 4. The van der Waals surface area contributed by atoms with Crippen LogP contribution in [-0.2, 0) is 11.8 Å². The Morgan fingerprint density at radius 3 is 3.07 bits per heavy atom. The van der Waals surface area contributed by atoms with Crippen molar-refractivity contribution >= 4 is 17.7 Å². The molecular formula is C7H13N5OS. The second-order valence-corrected chi connectivity index (χ2v) is 4.27. The van der Waals surface area contributed by atoms with E-state index in [1.165, 1.54) is 18.1 Å². The van der Waals surface area contributed by atoms with E-state index >= 15 is 0 Å². The minimum Gasteiger partial charge on any atom is -0.294 e. The highest BCUT2D eigenvalue weighted by molar-refractivity contribution is 7.99. The Kier molecular flexibility index (Phi) is 3.90. The molecular weight excluding hydrogens is 202 g/mol. The van der Waals surface area contributed by atoms with E-state index in [9.17, 15) is 4.79 Å². The summed E-state index contributed by atoms with van der Waals surface area (Å²) in [6.45, 7) is 1.94. The van der Waals surface area contributed by atoms with Crippen LogP contribution in [0.4, 0.5) is 0 Å². The van der Waals surface area contributed by atoms with Gasteiger partial charge in [0, 0.05) is 18.7 Å². The summed E-state index contributed by atoms with van der Waals surface area (Å²) < 4.78 is 1.67. The van der Waals surface area contributed by atoms with Gasteiger partial charge in [-0.2, -0.15) is 5.10 Å². The molecule has 1 rings (SSSR count). The van der Waals surface area contributed by atoms with Gasteiger partial charge in [0.25, 0.3) is 0 Å². The lowest BCUT2D eigenvalue weighted by molar-refractivity contribution is -0.121. The molecule has 1 aromatic heterocycles. The Hall–Kier alpha value is -1.08. The number of hydrogen-bond acceptors (Lipinski definition) is 5. The maximum absolute atomic E-state index is 10.9. The molecule has 0 aromatic carbocycles. The fraction of sp³-hybridized carbons (Fsp3) is 0.571. The van der Waals surface area contributed by atoms with Crippen molar-refractivity contribution in [1.82, 2.24) is 20.2 Å². The average Bonchev–Trinajstić information content (AvgIpc) is 2.51. The number of amides is 1. The molecule has 1 heterocycles. The predicted octanol–water partition coefficient (Wildman–Crippen LogP) is -0.324. The van der Waals surface area contributed by atoms with Crippen LogP contribution in [0.3, 0.4) is 0 Å². The summed E-state index contributed by atoms with van der Waals surface area (Å²) in [6.07, 6.45) is 1.85. The Morgan fingerprint density at radius 2 is 2.57 bits per heavy atom. The molecule has 0 aliphatic heterocycles. The summed E-state index contributed by atoms with van der Waals surface area (Å²) in [5.41, 5.74) is 2.09. The van der Waals surface area contributed by atoms with Crippen molar-refractivity contribution in [3.8, 4) is 0 Å². The number of thioether (sulfide) groups is 1. The quantitative estimate of drug-likeness (QED) is 0.311. The van der Waals surface area contributed by atoms with Gasteiger partial charge in [-0.15, -0.1) is 0 Å². The number of hydrogen-bond donors (Lipinski definition) is 2. The SMILES string of the molecule is CC(CC(=O)NN)Sc1ncnn1C. The molecule has 0 saturated carbocycles. The maximum Gasteiger partial charge on any atom is 0.234 e. The molecule has 0 bridgehead atoms. The van der Waals surface area contributed by atoms with E-state index in [4.69, 9.17) is 5.84 Å². The molecule has 0 radical (unpaired) electrons. The summed E-state index contributed by atoms with van der Waals surface area (Å²) in [4.78, 5) is 15.0. The van der Waals surface area contributed by atoms with Gasteiger partial charge in [-0.05, 0) is 0 Å². The number of carbonyl (C=O) groups excluding carboxylic acids is 1. The van der Waals surface area contributed by atoms with Crippen molar-refractivity contribution in [2.75, 3.05) is 0 Å². The highest BCUT2D eigenvalue weighted by atomic mass is 32.2. The molecule has 1 atom stereocenters. The molecule has 14 heavy (non-hydrogen) atoms. The van der Waals surface area contributed by atoms with Crippen LogP contribution in [-0.4, -0.2) is 25.9 Å². The highest BCUT2D eigenvalue weighted by Crippen LogP contribution is 2.21. The Bertz CT molecular complexity index is 313. The van der Waals surface area contributed by atoms with Gasteiger partial charge in [-0.1, -0.05) is 18.7 Å². The van der Waals surface area contributed by atoms with Gasteiger partial charge >= 0.3 is 0 Å². The van der Waals surface area contributed by atoms with Crippen LogP contribution in [0.5, 0.6) is 0 Å². The van der Waals surface area contributed by atoms with Crippen molar-refractivity contribution in [3.63, 3.8) is 0 Å². The zero-order chi connectivity index (χ0) is 10.6. The third-order valence-electron chi connectivity index (χ3n) is 1.61. The van der Waals surface area contributed by atoms with E-state index < -0.39 is 0 Å². The van der Waals surface area contributed by atoms with Crippen molar-refractivity contribution in [1.29, 1.82) is 0 Å². The van der Waals surface area contributed by atoms with Crippen molar-refractivity contribution in [3.05, 3.63) is 6.33 Å². The second kappa shape index (κ2) is 4.97. The third kappa shape index (κ3) is 3.00. The summed E-state index contributed by atoms with van der Waals surface area (Å²) in [5.74, 6) is 4.81. The van der Waals surface area contributed by atoms with Gasteiger partial charge < -0.3 is 0 Å². The minimum absolute atomic E-state index is 0.126. The standard InChI is InChI=1S/C7H13N5OS/c1-5(3-6(13)11-8)14-7-9-4-10-12(7)2/h4-5H,3,8H2,1-2H3,(H,11,13). The molecule has 0 aliphatic rings. The number of nitrogens with zero attached hydrogens (tertiary/aromatic N) is 3. The van der Waals surface area contributed by atoms with Crippen LogP contribution in [0.25, 0.3) is 0 Å². The fourth-order valence-electron chi connectivity index (χ4n) is 0.934. The fourth-order valence-corrected chi connectivity index (χ4v) is 1.84. The number of nitrogens with one attached hydrogen (secondary N) is 1. The van der Waals surface area contributed by atoms with Crippen molar-refractivity contribution in [2.24, 2.45) is 12.9 Å². The van der Waals surface area contributed by atoms with E-state index in [0.29, 0.717) is 6.42 Å². The van der Waals surface area contributed by atoms with Crippen LogP contribution in [0, 0.1) is 0 Å². The molecule has 6 nitrogen and oxygen atoms in total. The Labute approximate surface area is 86.2 Å². The highest BCUT2D eigenvalue weighted by Gasteiger charge is 2.12. The predicted molar refractivity (Wildman–Crippen MR) is 53.3 cm³/mol. The molecule has 78 valence electrons. The zero-order valence-corrected chi connectivity index (χ0v) is 8.91. The molecule has 0 fully saturated rings. The minimum atomic E-state index is -0.174. The first-order chi connectivity index (χ1) is 6.63. The van der Waals surface area contributed by atoms with E-state index in [2.05, 4.69) is 15.5 Å². The van der Waals surface area contributed by atoms with Crippen LogP contribution in [0.2, 0.25) is 0 Å². The molecule has 1 aromatic rings. The van der Waals surface area contributed by atoms with Gasteiger partial charge in [-0.25, -0.2) is 15.5 Å². The summed E-state index contributed by atoms with van der Waals surface area (Å²) >= 11 is 1.49. The molecule has 3 N–H and O–H groups in total. The summed E-state index contributed by atoms with van der Waals surface area (Å²) in [6, 6.07) is 0. The third-order valence-corrected chi connectivity index (χ3v) is 2.76. The van der Waals surface area contributed by atoms with E-state index in [1.807, 2.05) is 14.0 Å². The monoisotopic (exact) mass is 215 g/mol. The lowest BCUT2D eigenvalue weighted by Gasteiger charge is -2.08. The topological polar surface area (TPSA) is 85.8 Å². The molecule has 1 amide bonds. The Morgan fingerprint density at radius 1 is 1.86 bits per heavy atom. The first kappa shape index (κ1) is 11.0. The zero-order valence-electron chi connectivity index (χ0n) is 8.10. The van der Waals surface area contributed by atoms with Crippen LogP contribution in [0.15, 0.2) is 11.5 Å². The van der Waals surface area contributed by atoms with Gasteiger partial charge in [0.2, 0.25) is 5.91 Å². The first-order valence-electron chi connectivity index (χ1n) is 4.13. The van der Waals surface area contributed by atoms with E-state index in [0.717, 1.165) is 5.16 Å². The largest absolute Gasteiger partial charge is 0.294 e. The lowest BCUT2D eigenvalue weighted by Crippen LogP contribution is -2.31. The number of nitrogens with two attached hydrogens (primary N) is 1. The number of aryl methyl sites for hydroxylation is 1. The second-order valence-electron chi connectivity index (χ2n) is 2.87. The van der Waals surface area contributed by atoms with Gasteiger partial charge in [0.1, 0.15) is 6.33 Å². The van der Waals surface area contributed by atoms with Gasteiger partial charge in [-0.3, -0.25) is 10.2 Å². The molecule has 7 heteroatoms. The summed E-state index contributed by atoms with van der Waals surface area (Å²) in [7, 11) is 1.81. The van der Waals surface area contributed by atoms with Crippen LogP contribution < -0.4 is 11.3 Å². The molecule has 1 unspecified atom stereocenters. The average molecular weight is 215 g/mol.